The van der Waals surface area contributed by atoms with E-state index in [9.17, 15) is 9.50 Å². The standard InChI is InChI=1S/C19H20FN5O/c1-24(17-4-2-3-15(17)20)19-8-7-16(22-23-19)14-6-5-13(11-18(14)26)25-10-9-21-12-25/h5-12,15,17,26H,2-4H2,1H3/t15-,17-/m0/s1. The van der Waals surface area contributed by atoms with Crippen LogP contribution in [0.2, 0.25) is 0 Å². The fourth-order valence-corrected chi connectivity index (χ4v) is 3.47. The van der Waals surface area contributed by atoms with Gasteiger partial charge in [0.05, 0.1) is 23.8 Å². The Kier molecular flexibility index (Phi) is 4.28. The maximum absolute atomic E-state index is 13.9. The van der Waals surface area contributed by atoms with Crippen LogP contribution in [0.25, 0.3) is 16.9 Å². The summed E-state index contributed by atoms with van der Waals surface area (Å²) < 4.78 is 15.8. The van der Waals surface area contributed by atoms with Crippen molar-refractivity contribution in [2.24, 2.45) is 0 Å². The van der Waals surface area contributed by atoms with Gasteiger partial charge in [0.15, 0.2) is 5.82 Å². The molecule has 1 aromatic carbocycles. The normalized spacial score (nSPS) is 19.6. The lowest BCUT2D eigenvalue weighted by molar-refractivity contribution is 0.306. The fraction of sp³-hybridized carbons (Fsp3) is 0.316. The molecule has 7 heteroatoms. The van der Waals surface area contributed by atoms with Crippen molar-refractivity contribution < 1.29 is 9.50 Å². The number of phenols is 1. The molecule has 1 aliphatic carbocycles. The van der Waals surface area contributed by atoms with Gasteiger partial charge in [0.1, 0.15) is 11.9 Å². The summed E-state index contributed by atoms with van der Waals surface area (Å²) in [6.45, 7) is 0. The number of rotatable bonds is 4. The average Bonchev–Trinajstić information content (AvgIpc) is 3.33. The summed E-state index contributed by atoms with van der Waals surface area (Å²) in [6, 6.07) is 8.81. The molecule has 1 saturated carbocycles. The largest absolute Gasteiger partial charge is 0.507 e. The van der Waals surface area contributed by atoms with E-state index in [1.807, 2.05) is 28.6 Å². The summed E-state index contributed by atoms with van der Waals surface area (Å²) in [4.78, 5) is 5.86. The van der Waals surface area contributed by atoms with Crippen LogP contribution in [0.4, 0.5) is 10.2 Å². The van der Waals surface area contributed by atoms with Crippen LogP contribution in [0, 0.1) is 0 Å². The first-order valence-corrected chi connectivity index (χ1v) is 8.66. The van der Waals surface area contributed by atoms with Gasteiger partial charge in [-0.1, -0.05) is 0 Å². The van der Waals surface area contributed by atoms with E-state index in [0.29, 0.717) is 23.5 Å². The number of imidazole rings is 1. The second-order valence-corrected chi connectivity index (χ2v) is 6.57. The molecule has 0 saturated heterocycles. The lowest BCUT2D eigenvalue weighted by Gasteiger charge is -2.26. The molecule has 26 heavy (non-hydrogen) atoms. The van der Waals surface area contributed by atoms with Gasteiger partial charge in [-0.15, -0.1) is 10.2 Å². The first kappa shape index (κ1) is 16.5. The second kappa shape index (κ2) is 6.74. The number of benzene rings is 1. The maximum atomic E-state index is 13.9. The molecule has 1 fully saturated rings. The van der Waals surface area contributed by atoms with E-state index in [4.69, 9.17) is 0 Å². The van der Waals surface area contributed by atoms with Gasteiger partial charge in [-0.3, -0.25) is 0 Å². The van der Waals surface area contributed by atoms with Gasteiger partial charge in [0.2, 0.25) is 0 Å². The van der Waals surface area contributed by atoms with Gasteiger partial charge in [-0.2, -0.15) is 0 Å². The van der Waals surface area contributed by atoms with Crippen molar-refractivity contribution in [3.8, 4) is 22.7 Å². The fourth-order valence-electron chi connectivity index (χ4n) is 3.47. The first-order valence-electron chi connectivity index (χ1n) is 8.66. The zero-order valence-electron chi connectivity index (χ0n) is 14.5. The third kappa shape index (κ3) is 3.00. The average molecular weight is 353 g/mol. The summed E-state index contributed by atoms with van der Waals surface area (Å²) in [7, 11) is 1.85. The SMILES string of the molecule is CN(c1ccc(-c2ccc(-n3ccnc3)cc2O)nn1)[C@H]1CCC[C@@H]1F. The number of hydrogen-bond donors (Lipinski definition) is 1. The van der Waals surface area contributed by atoms with Crippen LogP contribution >= 0.6 is 0 Å². The molecule has 0 aliphatic heterocycles. The Morgan fingerprint density at radius 2 is 2.08 bits per heavy atom. The molecule has 2 heterocycles. The zero-order chi connectivity index (χ0) is 18.1. The Labute approximate surface area is 150 Å². The minimum atomic E-state index is -0.818. The number of anilines is 1. The molecular weight excluding hydrogens is 333 g/mol. The molecule has 6 nitrogen and oxygen atoms in total. The van der Waals surface area contributed by atoms with Crippen LogP contribution in [-0.4, -0.2) is 44.1 Å². The maximum Gasteiger partial charge on any atom is 0.151 e. The summed E-state index contributed by atoms with van der Waals surface area (Å²) >= 11 is 0. The molecule has 134 valence electrons. The summed E-state index contributed by atoms with van der Waals surface area (Å²) in [5, 5.41) is 18.8. The van der Waals surface area contributed by atoms with E-state index >= 15 is 0 Å². The Morgan fingerprint density at radius 1 is 1.19 bits per heavy atom. The van der Waals surface area contributed by atoms with E-state index in [1.165, 1.54) is 0 Å². The number of aromatic hydroxyl groups is 1. The highest BCUT2D eigenvalue weighted by Crippen LogP contribution is 2.31. The minimum absolute atomic E-state index is 0.117. The molecule has 0 amide bonds. The van der Waals surface area contributed by atoms with Crippen LogP contribution in [0.15, 0.2) is 49.1 Å². The Balaban J connectivity index is 1.57. The highest BCUT2D eigenvalue weighted by Gasteiger charge is 2.31. The minimum Gasteiger partial charge on any atom is -0.507 e. The van der Waals surface area contributed by atoms with E-state index in [2.05, 4.69) is 15.2 Å². The molecule has 2 atom stereocenters. The quantitative estimate of drug-likeness (QED) is 0.779. The lowest BCUT2D eigenvalue weighted by Crippen LogP contribution is -2.36. The van der Waals surface area contributed by atoms with Crippen LogP contribution < -0.4 is 4.90 Å². The zero-order valence-corrected chi connectivity index (χ0v) is 14.5. The number of alkyl halides is 1. The van der Waals surface area contributed by atoms with Crippen molar-refractivity contribution in [3.63, 3.8) is 0 Å². The molecule has 3 aromatic rings. The molecule has 0 spiro atoms. The number of phenolic OH excluding ortho intramolecular Hbond substituents is 1. The molecule has 0 radical (unpaired) electrons. The van der Waals surface area contributed by atoms with E-state index in [1.54, 1.807) is 36.9 Å². The smallest absolute Gasteiger partial charge is 0.151 e. The molecule has 4 rings (SSSR count). The predicted octanol–water partition coefficient (Wildman–Crippen LogP) is 3.36. The van der Waals surface area contributed by atoms with Crippen molar-refractivity contribution >= 4 is 5.82 Å². The highest BCUT2D eigenvalue weighted by molar-refractivity contribution is 5.69. The predicted molar refractivity (Wildman–Crippen MR) is 97.2 cm³/mol. The van der Waals surface area contributed by atoms with Gasteiger partial charge in [0, 0.05) is 31.1 Å². The second-order valence-electron chi connectivity index (χ2n) is 6.57. The van der Waals surface area contributed by atoms with Crippen molar-refractivity contribution in [2.75, 3.05) is 11.9 Å². The van der Waals surface area contributed by atoms with Gasteiger partial charge >= 0.3 is 0 Å². The van der Waals surface area contributed by atoms with Crippen molar-refractivity contribution in [1.82, 2.24) is 19.7 Å². The number of aromatic nitrogens is 4. The third-order valence-electron chi connectivity index (χ3n) is 4.97. The van der Waals surface area contributed by atoms with Crippen molar-refractivity contribution in [3.05, 3.63) is 49.1 Å². The van der Waals surface area contributed by atoms with Gasteiger partial charge in [-0.05, 0) is 43.5 Å². The molecule has 1 aliphatic rings. The number of nitrogens with zero attached hydrogens (tertiary/aromatic N) is 5. The molecule has 2 aromatic heterocycles. The van der Waals surface area contributed by atoms with Crippen molar-refractivity contribution in [2.45, 2.75) is 31.5 Å². The van der Waals surface area contributed by atoms with E-state index in [-0.39, 0.29) is 11.8 Å². The van der Waals surface area contributed by atoms with Gasteiger partial charge in [0.25, 0.3) is 0 Å². The molecule has 0 bridgehead atoms. The number of hydrogen-bond acceptors (Lipinski definition) is 5. The van der Waals surface area contributed by atoms with Crippen LogP contribution in [-0.2, 0) is 0 Å². The third-order valence-corrected chi connectivity index (χ3v) is 4.97. The summed E-state index contributed by atoms with van der Waals surface area (Å²) in [5.74, 6) is 0.754. The lowest BCUT2D eigenvalue weighted by atomic mass is 10.1. The summed E-state index contributed by atoms with van der Waals surface area (Å²) in [6.07, 6.45) is 6.67. The Hall–Kier alpha value is -2.96. The Morgan fingerprint density at radius 3 is 2.69 bits per heavy atom. The van der Waals surface area contributed by atoms with Gasteiger partial charge in [-0.25, -0.2) is 9.37 Å². The number of halogens is 1. The Bertz CT molecular complexity index is 881. The molecule has 1 N–H and O–H groups in total. The first-order chi connectivity index (χ1) is 12.6. The van der Waals surface area contributed by atoms with Crippen molar-refractivity contribution in [1.29, 1.82) is 0 Å². The topological polar surface area (TPSA) is 67.1 Å². The van der Waals surface area contributed by atoms with E-state index < -0.39 is 6.17 Å². The van der Waals surface area contributed by atoms with E-state index in [0.717, 1.165) is 18.5 Å². The molecular formula is C19H20FN5O. The monoisotopic (exact) mass is 353 g/mol. The van der Waals surface area contributed by atoms with Crippen LogP contribution in [0.1, 0.15) is 19.3 Å². The summed E-state index contributed by atoms with van der Waals surface area (Å²) in [5.41, 5.74) is 1.98. The van der Waals surface area contributed by atoms with Crippen LogP contribution in [0.3, 0.4) is 0 Å². The van der Waals surface area contributed by atoms with Gasteiger partial charge < -0.3 is 14.6 Å². The van der Waals surface area contributed by atoms with Crippen LogP contribution in [0.5, 0.6) is 5.75 Å². The highest BCUT2D eigenvalue weighted by atomic mass is 19.1. The molecule has 0 unspecified atom stereocenters.